The van der Waals surface area contributed by atoms with Crippen LogP contribution in [0.15, 0.2) is 24.5 Å². The van der Waals surface area contributed by atoms with Crippen LogP contribution < -0.4 is 4.74 Å². The van der Waals surface area contributed by atoms with Gasteiger partial charge in [0.2, 0.25) is 0 Å². The Labute approximate surface area is 130 Å². The van der Waals surface area contributed by atoms with Gasteiger partial charge in [0.1, 0.15) is 6.61 Å². The van der Waals surface area contributed by atoms with Crippen molar-refractivity contribution in [1.29, 1.82) is 0 Å². The minimum Gasteiger partial charge on any atom is -0.504 e. The Hall–Kier alpha value is -2.05. The summed E-state index contributed by atoms with van der Waals surface area (Å²) >= 11 is 0. The van der Waals surface area contributed by atoms with Crippen LogP contribution in [-0.4, -0.2) is 44.6 Å². The number of benzene rings is 1. The number of rotatable bonds is 12. The zero-order valence-corrected chi connectivity index (χ0v) is 12.7. The monoisotopic (exact) mass is 310 g/mol. The van der Waals surface area contributed by atoms with E-state index in [0.29, 0.717) is 38.6 Å². The largest absolute Gasteiger partial charge is 0.504 e. The normalized spacial score (nSPS) is 10.8. The van der Waals surface area contributed by atoms with Crippen LogP contribution in [0.25, 0.3) is 6.08 Å². The lowest BCUT2D eigenvalue weighted by Gasteiger charge is -2.09. The summed E-state index contributed by atoms with van der Waals surface area (Å²) in [5, 5.41) is 9.71. The average molecular weight is 310 g/mol. The van der Waals surface area contributed by atoms with E-state index < -0.39 is 0 Å². The van der Waals surface area contributed by atoms with E-state index in [-0.39, 0.29) is 5.75 Å². The minimum atomic E-state index is 0.0414. The molecule has 0 bridgehead atoms. The van der Waals surface area contributed by atoms with Gasteiger partial charge in [0.05, 0.1) is 26.1 Å². The number of hydrogen-bond acceptors (Lipinski definition) is 6. The topological polar surface area (TPSA) is 74.2 Å². The molecule has 0 spiro atoms. The SMILES string of the molecule is CCCOCCOCCOc1cc(/C=C/OC=O)ccc1O. The molecule has 122 valence electrons. The van der Waals surface area contributed by atoms with E-state index in [0.717, 1.165) is 18.6 Å². The first-order valence-corrected chi connectivity index (χ1v) is 7.15. The van der Waals surface area contributed by atoms with Crippen molar-refractivity contribution < 1.29 is 28.8 Å². The number of phenolic OH excluding ortho intramolecular Hbond substituents is 1. The number of aromatic hydroxyl groups is 1. The highest BCUT2D eigenvalue weighted by Gasteiger charge is 2.03. The summed E-state index contributed by atoms with van der Waals surface area (Å²) in [6.07, 6.45) is 3.83. The lowest BCUT2D eigenvalue weighted by Crippen LogP contribution is -2.11. The molecule has 0 fully saturated rings. The van der Waals surface area contributed by atoms with Crippen LogP contribution in [0.1, 0.15) is 18.9 Å². The lowest BCUT2D eigenvalue weighted by atomic mass is 10.2. The van der Waals surface area contributed by atoms with Crippen molar-refractivity contribution in [2.75, 3.05) is 33.0 Å². The minimum absolute atomic E-state index is 0.0414. The fraction of sp³-hybridized carbons (Fsp3) is 0.438. The summed E-state index contributed by atoms with van der Waals surface area (Å²) in [7, 11) is 0. The van der Waals surface area contributed by atoms with Gasteiger partial charge in [0, 0.05) is 6.61 Å². The molecule has 0 saturated carbocycles. The zero-order chi connectivity index (χ0) is 16.0. The summed E-state index contributed by atoms with van der Waals surface area (Å²) in [5.41, 5.74) is 0.739. The number of phenols is 1. The molecule has 22 heavy (non-hydrogen) atoms. The summed E-state index contributed by atoms with van der Waals surface area (Å²) < 4.78 is 20.5. The molecular weight excluding hydrogens is 288 g/mol. The van der Waals surface area contributed by atoms with Gasteiger partial charge in [-0.25, -0.2) is 0 Å². The molecule has 0 unspecified atom stereocenters. The Bertz CT molecular complexity index is 458. The van der Waals surface area contributed by atoms with Crippen molar-refractivity contribution in [3.8, 4) is 11.5 Å². The third kappa shape index (κ3) is 7.66. The second kappa shape index (κ2) is 11.6. The van der Waals surface area contributed by atoms with Gasteiger partial charge >= 0.3 is 0 Å². The van der Waals surface area contributed by atoms with Crippen LogP contribution in [0.3, 0.4) is 0 Å². The molecule has 1 aromatic carbocycles. The molecule has 1 aromatic rings. The van der Waals surface area contributed by atoms with Gasteiger partial charge in [-0.2, -0.15) is 0 Å². The molecule has 0 aromatic heterocycles. The standard InChI is InChI=1S/C16H22O6/c1-2-6-19-8-9-20-10-11-22-16-12-14(3-4-15(16)18)5-7-21-13-17/h3-5,7,12-13,18H,2,6,8-11H2,1H3/b7-5+. The number of carbonyl (C=O) groups excluding carboxylic acids is 1. The predicted molar refractivity (Wildman–Crippen MR) is 81.7 cm³/mol. The molecule has 1 N–H and O–H groups in total. The van der Waals surface area contributed by atoms with Crippen molar-refractivity contribution in [3.05, 3.63) is 30.0 Å². The molecule has 6 nitrogen and oxygen atoms in total. The van der Waals surface area contributed by atoms with E-state index in [4.69, 9.17) is 14.2 Å². The van der Waals surface area contributed by atoms with Gasteiger partial charge in [-0.05, 0) is 30.2 Å². The first kappa shape index (κ1) is 18.0. The van der Waals surface area contributed by atoms with E-state index in [1.807, 2.05) is 0 Å². The average Bonchev–Trinajstić information content (AvgIpc) is 2.53. The number of hydrogen-bond donors (Lipinski definition) is 1. The summed E-state index contributed by atoms with van der Waals surface area (Å²) in [6.45, 7) is 4.92. The van der Waals surface area contributed by atoms with Gasteiger partial charge < -0.3 is 24.1 Å². The quantitative estimate of drug-likeness (QED) is 0.363. The second-order valence-corrected chi connectivity index (χ2v) is 4.34. The maximum atomic E-state index is 10.0. The first-order chi connectivity index (χ1) is 10.8. The highest BCUT2D eigenvalue weighted by atomic mass is 16.5. The van der Waals surface area contributed by atoms with E-state index >= 15 is 0 Å². The van der Waals surface area contributed by atoms with Crippen LogP contribution >= 0.6 is 0 Å². The molecule has 0 radical (unpaired) electrons. The highest BCUT2D eigenvalue weighted by molar-refractivity contribution is 5.55. The molecule has 0 atom stereocenters. The van der Waals surface area contributed by atoms with Crippen molar-refractivity contribution in [2.24, 2.45) is 0 Å². The van der Waals surface area contributed by atoms with Crippen molar-refractivity contribution in [1.82, 2.24) is 0 Å². The van der Waals surface area contributed by atoms with Gasteiger partial charge in [0.15, 0.2) is 11.5 Å². The van der Waals surface area contributed by atoms with Crippen molar-refractivity contribution in [3.63, 3.8) is 0 Å². The molecule has 0 aliphatic rings. The van der Waals surface area contributed by atoms with Crippen molar-refractivity contribution >= 4 is 12.5 Å². The molecule has 0 aliphatic carbocycles. The lowest BCUT2D eigenvalue weighted by molar-refractivity contribution is -0.123. The van der Waals surface area contributed by atoms with Crippen LogP contribution in [0.5, 0.6) is 11.5 Å². The van der Waals surface area contributed by atoms with Gasteiger partial charge in [-0.3, -0.25) is 4.79 Å². The first-order valence-electron chi connectivity index (χ1n) is 7.15. The Morgan fingerprint density at radius 2 is 1.82 bits per heavy atom. The highest BCUT2D eigenvalue weighted by Crippen LogP contribution is 2.27. The third-order valence-electron chi connectivity index (χ3n) is 2.58. The van der Waals surface area contributed by atoms with E-state index in [2.05, 4.69) is 11.7 Å². The summed E-state index contributed by atoms with van der Waals surface area (Å²) in [5.74, 6) is 0.388. The fourth-order valence-electron chi connectivity index (χ4n) is 1.58. The smallest absolute Gasteiger partial charge is 0.297 e. The number of ether oxygens (including phenoxy) is 4. The molecular formula is C16H22O6. The Morgan fingerprint density at radius 3 is 2.55 bits per heavy atom. The van der Waals surface area contributed by atoms with Gasteiger partial charge in [-0.1, -0.05) is 13.0 Å². The molecule has 0 heterocycles. The van der Waals surface area contributed by atoms with E-state index in [1.54, 1.807) is 18.2 Å². The summed E-state index contributed by atoms with van der Waals surface area (Å²) in [4.78, 5) is 10.0. The molecule has 1 rings (SSSR count). The molecule has 6 heteroatoms. The second-order valence-electron chi connectivity index (χ2n) is 4.34. The maximum absolute atomic E-state index is 10.0. The van der Waals surface area contributed by atoms with Crippen LogP contribution in [0, 0.1) is 0 Å². The third-order valence-corrected chi connectivity index (χ3v) is 2.58. The predicted octanol–water partition coefficient (Wildman–Crippen LogP) is 2.36. The van der Waals surface area contributed by atoms with Crippen LogP contribution in [-0.2, 0) is 19.0 Å². The van der Waals surface area contributed by atoms with Gasteiger partial charge in [-0.15, -0.1) is 0 Å². The van der Waals surface area contributed by atoms with Crippen molar-refractivity contribution in [2.45, 2.75) is 13.3 Å². The molecule has 0 aliphatic heterocycles. The summed E-state index contributed by atoms with van der Waals surface area (Å²) in [6, 6.07) is 4.83. The zero-order valence-electron chi connectivity index (χ0n) is 12.7. The Balaban J connectivity index is 2.29. The molecule has 0 saturated heterocycles. The van der Waals surface area contributed by atoms with E-state index in [9.17, 15) is 9.90 Å². The Morgan fingerprint density at radius 1 is 1.09 bits per heavy atom. The van der Waals surface area contributed by atoms with Gasteiger partial charge in [0.25, 0.3) is 6.47 Å². The van der Waals surface area contributed by atoms with Crippen LogP contribution in [0.2, 0.25) is 0 Å². The fourth-order valence-corrected chi connectivity index (χ4v) is 1.58. The Kier molecular flexibility index (Phi) is 9.48. The molecule has 0 amide bonds. The number of carbonyl (C=O) groups is 1. The van der Waals surface area contributed by atoms with Crippen LogP contribution in [0.4, 0.5) is 0 Å². The maximum Gasteiger partial charge on any atom is 0.297 e. The van der Waals surface area contributed by atoms with E-state index in [1.165, 1.54) is 12.3 Å².